The summed E-state index contributed by atoms with van der Waals surface area (Å²) in [4.78, 5) is 17.8. The lowest BCUT2D eigenvalue weighted by Gasteiger charge is -2.32. The van der Waals surface area contributed by atoms with Crippen LogP contribution in [0, 0.1) is 0 Å². The van der Waals surface area contributed by atoms with Crippen molar-refractivity contribution in [3.8, 4) is 0 Å². The number of benzene rings is 1. The summed E-state index contributed by atoms with van der Waals surface area (Å²) in [5.41, 5.74) is 2.35. The second kappa shape index (κ2) is 6.74. The first-order valence-corrected chi connectivity index (χ1v) is 8.61. The predicted molar refractivity (Wildman–Crippen MR) is 91.4 cm³/mol. The van der Waals surface area contributed by atoms with Crippen LogP contribution in [0.15, 0.2) is 24.3 Å². The van der Waals surface area contributed by atoms with Crippen molar-refractivity contribution in [2.45, 2.75) is 44.9 Å². The van der Waals surface area contributed by atoms with Crippen LogP contribution in [0.5, 0.6) is 0 Å². The number of likely N-dealkylation sites (tertiary alicyclic amines) is 1. The van der Waals surface area contributed by atoms with E-state index in [1.54, 1.807) is 0 Å². The van der Waals surface area contributed by atoms with E-state index in [0.29, 0.717) is 18.2 Å². The van der Waals surface area contributed by atoms with Crippen LogP contribution in [0.1, 0.15) is 50.6 Å². The summed E-state index contributed by atoms with van der Waals surface area (Å²) in [6.07, 6.45) is 4.97. The molecule has 22 heavy (non-hydrogen) atoms. The van der Waals surface area contributed by atoms with Crippen LogP contribution in [-0.2, 0) is 4.79 Å². The summed E-state index contributed by atoms with van der Waals surface area (Å²) < 4.78 is 0. The summed E-state index contributed by atoms with van der Waals surface area (Å²) in [7, 11) is 0. The summed E-state index contributed by atoms with van der Waals surface area (Å²) in [6, 6.07) is 8.11. The Morgan fingerprint density at radius 2 is 2.27 bits per heavy atom. The molecule has 3 rings (SSSR count). The smallest absolute Gasteiger partial charge is 0.222 e. The number of nitrogens with zero attached hydrogens (tertiary/aromatic N) is 1. The lowest BCUT2D eigenvalue weighted by molar-refractivity contribution is -0.132. The van der Waals surface area contributed by atoms with E-state index in [0.717, 1.165) is 54.7 Å². The Bertz CT molecular complexity index is 664. The number of nitrogens with one attached hydrogen (secondary N) is 1. The quantitative estimate of drug-likeness (QED) is 0.870. The average Bonchev–Trinajstić information content (AvgIpc) is 2.95. The molecule has 1 aliphatic heterocycles. The van der Waals surface area contributed by atoms with Gasteiger partial charge in [0.2, 0.25) is 5.91 Å². The SMILES string of the molecule is CCCCC(=O)N1CCCC(c2cc3cc(Cl)ccc3[nH]2)C1. The topological polar surface area (TPSA) is 36.1 Å². The summed E-state index contributed by atoms with van der Waals surface area (Å²) >= 11 is 6.06. The summed E-state index contributed by atoms with van der Waals surface area (Å²) in [5, 5.41) is 1.91. The second-order valence-electron chi connectivity index (χ2n) is 6.24. The van der Waals surface area contributed by atoms with Gasteiger partial charge in [-0.25, -0.2) is 0 Å². The Balaban J connectivity index is 1.74. The number of halogens is 1. The van der Waals surface area contributed by atoms with Crippen LogP contribution in [0.4, 0.5) is 0 Å². The Morgan fingerprint density at radius 1 is 1.41 bits per heavy atom. The minimum atomic E-state index is 0.311. The number of carbonyl (C=O) groups is 1. The largest absolute Gasteiger partial charge is 0.358 e. The van der Waals surface area contributed by atoms with E-state index in [1.807, 2.05) is 23.1 Å². The fraction of sp³-hybridized carbons (Fsp3) is 0.500. The molecule has 3 nitrogen and oxygen atoms in total. The third kappa shape index (κ3) is 3.30. The lowest BCUT2D eigenvalue weighted by atomic mass is 9.94. The number of amides is 1. The Hall–Kier alpha value is -1.48. The third-order valence-corrected chi connectivity index (χ3v) is 4.80. The second-order valence-corrected chi connectivity index (χ2v) is 6.68. The molecular formula is C18H23ClN2O. The number of hydrogen-bond donors (Lipinski definition) is 1. The molecule has 0 radical (unpaired) electrons. The average molecular weight is 319 g/mol. The van der Waals surface area contributed by atoms with Gasteiger partial charge in [0.15, 0.2) is 0 Å². The van der Waals surface area contributed by atoms with Crippen LogP contribution < -0.4 is 0 Å². The molecule has 2 aromatic rings. The van der Waals surface area contributed by atoms with E-state index in [1.165, 1.54) is 5.69 Å². The van der Waals surface area contributed by atoms with Gasteiger partial charge in [0.05, 0.1) is 0 Å². The Labute approximate surface area is 136 Å². The zero-order valence-electron chi connectivity index (χ0n) is 13.1. The Kier molecular flexibility index (Phi) is 4.72. The number of carbonyl (C=O) groups excluding carboxylic acids is 1. The van der Waals surface area contributed by atoms with Crippen molar-refractivity contribution < 1.29 is 4.79 Å². The fourth-order valence-electron chi connectivity index (χ4n) is 3.29. The molecule has 1 aliphatic rings. The number of unbranched alkanes of at least 4 members (excludes halogenated alkanes) is 1. The zero-order valence-corrected chi connectivity index (χ0v) is 13.8. The molecule has 4 heteroatoms. The number of hydrogen-bond acceptors (Lipinski definition) is 1. The molecule has 1 amide bonds. The molecular weight excluding hydrogens is 296 g/mol. The van der Waals surface area contributed by atoms with Gasteiger partial charge < -0.3 is 9.88 Å². The van der Waals surface area contributed by atoms with E-state index in [9.17, 15) is 4.79 Å². The maximum atomic E-state index is 12.2. The van der Waals surface area contributed by atoms with E-state index in [-0.39, 0.29) is 0 Å². The number of H-pyrrole nitrogens is 1. The van der Waals surface area contributed by atoms with Crippen molar-refractivity contribution in [3.63, 3.8) is 0 Å². The highest BCUT2D eigenvalue weighted by atomic mass is 35.5. The van der Waals surface area contributed by atoms with Crippen molar-refractivity contribution >= 4 is 28.4 Å². The highest BCUT2D eigenvalue weighted by Gasteiger charge is 2.25. The number of aromatic amines is 1. The van der Waals surface area contributed by atoms with Crippen molar-refractivity contribution in [1.82, 2.24) is 9.88 Å². The van der Waals surface area contributed by atoms with Gasteiger partial charge in [-0.05, 0) is 43.5 Å². The van der Waals surface area contributed by atoms with Gasteiger partial charge in [-0.1, -0.05) is 24.9 Å². The van der Waals surface area contributed by atoms with E-state index >= 15 is 0 Å². The summed E-state index contributed by atoms with van der Waals surface area (Å²) in [5.74, 6) is 0.719. The number of piperidine rings is 1. The highest BCUT2D eigenvalue weighted by molar-refractivity contribution is 6.31. The van der Waals surface area contributed by atoms with Crippen molar-refractivity contribution in [2.24, 2.45) is 0 Å². The van der Waals surface area contributed by atoms with Gasteiger partial charge in [0.25, 0.3) is 0 Å². The standard InChI is InChI=1S/C18H23ClN2O/c1-2-3-6-18(22)21-9-4-5-13(12-21)17-11-14-10-15(19)7-8-16(14)20-17/h7-8,10-11,13,20H,2-6,9,12H2,1H3. The molecule has 1 aromatic carbocycles. The minimum absolute atomic E-state index is 0.311. The van der Waals surface area contributed by atoms with Gasteiger partial charge in [0.1, 0.15) is 0 Å². The van der Waals surface area contributed by atoms with Gasteiger partial charge in [0, 0.05) is 47.0 Å². The lowest BCUT2D eigenvalue weighted by Crippen LogP contribution is -2.39. The monoisotopic (exact) mass is 318 g/mol. The van der Waals surface area contributed by atoms with Crippen LogP contribution in [0.3, 0.4) is 0 Å². The van der Waals surface area contributed by atoms with E-state index < -0.39 is 0 Å². The molecule has 1 unspecified atom stereocenters. The molecule has 0 aliphatic carbocycles. The van der Waals surface area contributed by atoms with Crippen LogP contribution in [0.2, 0.25) is 5.02 Å². The first-order valence-electron chi connectivity index (χ1n) is 8.23. The van der Waals surface area contributed by atoms with Gasteiger partial charge in [-0.15, -0.1) is 0 Å². The van der Waals surface area contributed by atoms with Crippen molar-refractivity contribution in [2.75, 3.05) is 13.1 Å². The Morgan fingerprint density at radius 3 is 3.09 bits per heavy atom. The normalized spacial score (nSPS) is 18.8. The first kappa shape index (κ1) is 15.4. The number of fused-ring (bicyclic) bond motifs is 1. The fourth-order valence-corrected chi connectivity index (χ4v) is 3.47. The van der Waals surface area contributed by atoms with Gasteiger partial charge in [-0.3, -0.25) is 4.79 Å². The molecule has 1 atom stereocenters. The molecule has 1 N–H and O–H groups in total. The van der Waals surface area contributed by atoms with Crippen molar-refractivity contribution in [1.29, 1.82) is 0 Å². The first-order chi connectivity index (χ1) is 10.7. The van der Waals surface area contributed by atoms with Crippen molar-refractivity contribution in [3.05, 3.63) is 35.0 Å². The zero-order chi connectivity index (χ0) is 15.5. The van der Waals surface area contributed by atoms with Gasteiger partial charge >= 0.3 is 0 Å². The molecule has 2 heterocycles. The molecule has 0 bridgehead atoms. The van der Waals surface area contributed by atoms with E-state index in [4.69, 9.17) is 11.6 Å². The maximum absolute atomic E-state index is 12.2. The molecule has 1 fully saturated rings. The molecule has 0 saturated carbocycles. The molecule has 1 aromatic heterocycles. The third-order valence-electron chi connectivity index (χ3n) is 4.56. The molecule has 0 spiro atoms. The predicted octanol–water partition coefficient (Wildman–Crippen LogP) is 4.72. The van der Waals surface area contributed by atoms with Gasteiger partial charge in [-0.2, -0.15) is 0 Å². The van der Waals surface area contributed by atoms with Crippen LogP contribution >= 0.6 is 11.6 Å². The van der Waals surface area contributed by atoms with E-state index in [2.05, 4.69) is 18.0 Å². The minimum Gasteiger partial charge on any atom is -0.358 e. The maximum Gasteiger partial charge on any atom is 0.222 e. The molecule has 1 saturated heterocycles. The number of rotatable bonds is 4. The highest BCUT2D eigenvalue weighted by Crippen LogP contribution is 2.30. The van der Waals surface area contributed by atoms with Crippen LogP contribution in [0.25, 0.3) is 10.9 Å². The molecule has 118 valence electrons. The summed E-state index contributed by atoms with van der Waals surface area (Å²) in [6.45, 7) is 3.87. The number of aromatic nitrogens is 1. The van der Waals surface area contributed by atoms with Crippen LogP contribution in [-0.4, -0.2) is 28.9 Å².